The Bertz CT molecular complexity index is 980. The molecule has 164 valence electrons. The zero-order chi connectivity index (χ0) is 22.2. The lowest BCUT2D eigenvalue weighted by molar-refractivity contribution is -0.140. The number of amides is 3. The molecule has 1 N–H and O–H groups in total. The number of hydrogen-bond donors (Lipinski definition) is 1. The number of fused-ring (bicyclic) bond motifs is 1. The van der Waals surface area contributed by atoms with Crippen LogP contribution in [0.3, 0.4) is 0 Å². The van der Waals surface area contributed by atoms with Crippen LogP contribution in [0.25, 0.3) is 5.69 Å². The van der Waals surface area contributed by atoms with E-state index in [9.17, 15) is 27.6 Å². The van der Waals surface area contributed by atoms with Gasteiger partial charge in [-0.15, -0.1) is 0 Å². The number of aromatic nitrogens is 2. The van der Waals surface area contributed by atoms with Gasteiger partial charge in [0.1, 0.15) is 0 Å². The molecule has 1 aliphatic heterocycles. The number of hydrogen-bond acceptors (Lipinski definition) is 4. The minimum Gasteiger partial charge on any atom is -0.324 e. The van der Waals surface area contributed by atoms with Gasteiger partial charge in [-0.2, -0.15) is 18.3 Å². The summed E-state index contributed by atoms with van der Waals surface area (Å²) in [6, 6.07) is 4.59. The van der Waals surface area contributed by atoms with Crippen molar-refractivity contribution >= 4 is 23.4 Å². The number of imide groups is 1. The first-order chi connectivity index (χ1) is 14.8. The van der Waals surface area contributed by atoms with Crippen LogP contribution in [0.1, 0.15) is 37.7 Å². The summed E-state index contributed by atoms with van der Waals surface area (Å²) < 4.78 is 40.8. The summed E-state index contributed by atoms with van der Waals surface area (Å²) in [7, 11) is 0. The molecule has 2 heterocycles. The molecule has 10 heteroatoms. The zero-order valence-electron chi connectivity index (χ0n) is 16.6. The topological polar surface area (TPSA) is 84.3 Å². The summed E-state index contributed by atoms with van der Waals surface area (Å²) in [5.41, 5.74) is -0.699. The molecule has 1 saturated carbocycles. The van der Waals surface area contributed by atoms with E-state index in [4.69, 9.17) is 0 Å². The largest absolute Gasteiger partial charge is 0.416 e. The van der Waals surface area contributed by atoms with Crippen LogP contribution in [0.4, 0.5) is 18.9 Å². The lowest BCUT2D eigenvalue weighted by atomic mass is 9.81. The van der Waals surface area contributed by atoms with Crippen molar-refractivity contribution in [2.45, 2.75) is 38.3 Å². The van der Waals surface area contributed by atoms with Gasteiger partial charge in [-0.1, -0.05) is 12.8 Å². The average Bonchev–Trinajstić information content (AvgIpc) is 3.34. The third-order valence-electron chi connectivity index (χ3n) is 5.84. The van der Waals surface area contributed by atoms with Crippen molar-refractivity contribution < 1.29 is 27.6 Å². The number of nitrogens with one attached hydrogen (secondary N) is 1. The van der Waals surface area contributed by atoms with Crippen LogP contribution in [0.2, 0.25) is 0 Å². The van der Waals surface area contributed by atoms with Crippen molar-refractivity contribution in [3.63, 3.8) is 0 Å². The predicted molar refractivity (Wildman–Crippen MR) is 104 cm³/mol. The van der Waals surface area contributed by atoms with E-state index in [1.807, 2.05) is 0 Å². The molecule has 3 amide bonds. The zero-order valence-corrected chi connectivity index (χ0v) is 16.6. The number of benzene rings is 1. The summed E-state index contributed by atoms with van der Waals surface area (Å²) in [6.45, 7) is -0.0907. The van der Waals surface area contributed by atoms with E-state index in [1.165, 1.54) is 16.9 Å². The van der Waals surface area contributed by atoms with Gasteiger partial charge in [-0.3, -0.25) is 19.3 Å². The second-order valence-electron chi connectivity index (χ2n) is 7.80. The van der Waals surface area contributed by atoms with Gasteiger partial charge in [0.2, 0.25) is 17.7 Å². The molecule has 0 bridgehead atoms. The Morgan fingerprint density at radius 1 is 1.13 bits per heavy atom. The molecule has 0 radical (unpaired) electrons. The van der Waals surface area contributed by atoms with Crippen molar-refractivity contribution in [2.75, 3.05) is 11.9 Å². The molecule has 1 aromatic heterocycles. The van der Waals surface area contributed by atoms with Gasteiger partial charge < -0.3 is 5.32 Å². The van der Waals surface area contributed by atoms with Crippen LogP contribution < -0.4 is 5.32 Å². The number of alkyl halides is 3. The lowest BCUT2D eigenvalue weighted by Crippen LogP contribution is -2.34. The minimum absolute atomic E-state index is 0.0590. The molecular weight excluding hydrogens is 413 g/mol. The molecule has 1 aromatic carbocycles. The van der Waals surface area contributed by atoms with Crippen LogP contribution in [0, 0.1) is 11.8 Å². The lowest BCUT2D eigenvalue weighted by Gasteiger charge is -2.19. The third-order valence-corrected chi connectivity index (χ3v) is 5.84. The molecule has 2 aromatic rings. The van der Waals surface area contributed by atoms with Gasteiger partial charge in [-0.25, -0.2) is 4.68 Å². The Morgan fingerprint density at radius 2 is 1.81 bits per heavy atom. The molecule has 0 spiro atoms. The summed E-state index contributed by atoms with van der Waals surface area (Å²) >= 11 is 0. The van der Waals surface area contributed by atoms with E-state index in [2.05, 4.69) is 10.4 Å². The van der Waals surface area contributed by atoms with Crippen LogP contribution >= 0.6 is 0 Å². The second-order valence-corrected chi connectivity index (χ2v) is 7.80. The van der Waals surface area contributed by atoms with E-state index in [0.717, 1.165) is 29.9 Å². The Hall–Kier alpha value is -3.17. The van der Waals surface area contributed by atoms with Crippen LogP contribution in [-0.4, -0.2) is 38.9 Å². The fourth-order valence-corrected chi connectivity index (χ4v) is 4.30. The summed E-state index contributed by atoms with van der Waals surface area (Å²) in [5, 5.41) is 6.48. The van der Waals surface area contributed by atoms with E-state index >= 15 is 0 Å². The van der Waals surface area contributed by atoms with E-state index in [0.29, 0.717) is 12.8 Å². The SMILES string of the molecule is O=C(CCN1C(=O)[C@@H]2CCCC[C@H]2C1=O)Nc1cc(C(F)(F)F)ccc1-n1cccn1. The van der Waals surface area contributed by atoms with E-state index in [1.54, 1.807) is 12.3 Å². The Kier molecular flexibility index (Phi) is 5.55. The molecule has 31 heavy (non-hydrogen) atoms. The fourth-order valence-electron chi connectivity index (χ4n) is 4.30. The highest BCUT2D eigenvalue weighted by molar-refractivity contribution is 6.05. The molecule has 2 fully saturated rings. The summed E-state index contributed by atoms with van der Waals surface area (Å²) in [4.78, 5) is 38.7. The molecule has 2 atom stereocenters. The fraction of sp³-hybridized carbons (Fsp3) is 0.429. The molecule has 0 unspecified atom stereocenters. The molecular formula is C21H21F3N4O3. The van der Waals surface area contributed by atoms with Crippen molar-refractivity contribution in [3.8, 4) is 5.69 Å². The number of likely N-dealkylation sites (tertiary alicyclic amines) is 1. The number of carbonyl (C=O) groups excluding carboxylic acids is 3. The molecule has 7 nitrogen and oxygen atoms in total. The third kappa shape index (κ3) is 4.19. The first-order valence-corrected chi connectivity index (χ1v) is 10.1. The van der Waals surface area contributed by atoms with E-state index < -0.39 is 17.6 Å². The maximum absolute atomic E-state index is 13.1. The first kappa shape index (κ1) is 21.1. The standard InChI is InChI=1S/C21H21F3N4O3/c22-21(23,24)13-6-7-17(28-10-3-9-25-28)16(12-13)26-18(29)8-11-27-19(30)14-4-1-2-5-15(14)20(27)31/h3,6-7,9-10,12,14-15H,1-2,4-5,8,11H2,(H,26,29)/t14-,15-/m1/s1. The Morgan fingerprint density at radius 3 is 2.39 bits per heavy atom. The second kappa shape index (κ2) is 8.16. The van der Waals surface area contributed by atoms with E-state index in [-0.39, 0.29) is 48.0 Å². The molecule has 2 aliphatic rings. The van der Waals surface area contributed by atoms with Crippen molar-refractivity contribution in [3.05, 3.63) is 42.2 Å². The minimum atomic E-state index is -4.58. The quantitative estimate of drug-likeness (QED) is 0.732. The van der Waals surface area contributed by atoms with Crippen LogP contribution in [0.15, 0.2) is 36.7 Å². The number of nitrogens with zero attached hydrogens (tertiary/aromatic N) is 3. The Balaban J connectivity index is 1.48. The van der Waals surface area contributed by atoms with Crippen molar-refractivity contribution in [1.82, 2.24) is 14.7 Å². The first-order valence-electron chi connectivity index (χ1n) is 10.1. The normalized spacial score (nSPS) is 21.3. The number of carbonyl (C=O) groups is 3. The van der Waals surface area contributed by atoms with Crippen LogP contribution in [-0.2, 0) is 20.6 Å². The summed E-state index contributed by atoms with van der Waals surface area (Å²) in [6.07, 6.45) is 1.39. The maximum Gasteiger partial charge on any atom is 0.416 e. The number of rotatable bonds is 5. The van der Waals surface area contributed by atoms with Gasteiger partial charge in [0.15, 0.2) is 0 Å². The van der Waals surface area contributed by atoms with Gasteiger partial charge >= 0.3 is 6.18 Å². The highest BCUT2D eigenvalue weighted by Gasteiger charge is 2.47. The monoisotopic (exact) mass is 434 g/mol. The number of halogens is 3. The highest BCUT2D eigenvalue weighted by atomic mass is 19.4. The highest BCUT2D eigenvalue weighted by Crippen LogP contribution is 2.38. The van der Waals surface area contributed by atoms with Crippen LogP contribution in [0.5, 0.6) is 0 Å². The average molecular weight is 434 g/mol. The van der Waals surface area contributed by atoms with Gasteiger partial charge in [0.05, 0.1) is 28.8 Å². The maximum atomic E-state index is 13.1. The smallest absolute Gasteiger partial charge is 0.324 e. The predicted octanol–water partition coefficient (Wildman–Crippen LogP) is 3.39. The molecule has 4 rings (SSSR count). The van der Waals surface area contributed by atoms with Gasteiger partial charge in [-0.05, 0) is 37.1 Å². The van der Waals surface area contributed by atoms with Crippen molar-refractivity contribution in [1.29, 1.82) is 0 Å². The Labute approximate surface area is 176 Å². The van der Waals surface area contributed by atoms with Gasteiger partial charge in [0, 0.05) is 25.4 Å². The molecule has 1 aliphatic carbocycles. The number of anilines is 1. The summed E-state index contributed by atoms with van der Waals surface area (Å²) in [5.74, 6) is -1.71. The van der Waals surface area contributed by atoms with Crippen molar-refractivity contribution in [2.24, 2.45) is 11.8 Å². The van der Waals surface area contributed by atoms with Gasteiger partial charge in [0.25, 0.3) is 0 Å². The molecule has 1 saturated heterocycles.